The van der Waals surface area contributed by atoms with Gasteiger partial charge in [-0.25, -0.2) is 8.42 Å². The number of rotatable bonds is 15. The van der Waals surface area contributed by atoms with Crippen LogP contribution in [0.25, 0.3) is 0 Å². The molecule has 0 bridgehead atoms. The van der Waals surface area contributed by atoms with Gasteiger partial charge in [0.2, 0.25) is 11.8 Å². The maximum Gasteiger partial charge on any atom is 0.264 e. The molecule has 47 heavy (non-hydrogen) atoms. The van der Waals surface area contributed by atoms with E-state index >= 15 is 0 Å². The predicted molar refractivity (Wildman–Crippen MR) is 187 cm³/mol. The van der Waals surface area contributed by atoms with Gasteiger partial charge in [0.05, 0.1) is 17.2 Å². The summed E-state index contributed by atoms with van der Waals surface area (Å²) < 4.78 is 34.9. The number of benzene rings is 4. The number of hydrogen-bond acceptors (Lipinski definition) is 5. The summed E-state index contributed by atoms with van der Waals surface area (Å²) >= 11 is 13.2. The van der Waals surface area contributed by atoms with Crippen molar-refractivity contribution < 1.29 is 22.7 Å². The van der Waals surface area contributed by atoms with E-state index in [0.717, 1.165) is 9.87 Å². The second-order valence-corrected chi connectivity index (χ2v) is 13.7. The predicted octanol–water partition coefficient (Wildman–Crippen LogP) is 7.14. The average molecular weight is 697 g/mol. The van der Waals surface area contributed by atoms with Crippen LogP contribution in [0.2, 0.25) is 10.0 Å². The number of anilines is 1. The quantitative estimate of drug-likeness (QED) is 0.143. The van der Waals surface area contributed by atoms with Crippen LogP contribution in [0.15, 0.2) is 108 Å². The Kier molecular flexibility index (Phi) is 12.7. The Morgan fingerprint density at radius 2 is 1.43 bits per heavy atom. The van der Waals surface area contributed by atoms with E-state index in [0.29, 0.717) is 34.4 Å². The minimum atomic E-state index is -4.25. The summed E-state index contributed by atoms with van der Waals surface area (Å²) in [5.41, 5.74) is 1.55. The summed E-state index contributed by atoms with van der Waals surface area (Å²) in [6.45, 7) is 5.38. The molecule has 2 atom stereocenters. The van der Waals surface area contributed by atoms with Crippen LogP contribution in [-0.2, 0) is 32.6 Å². The van der Waals surface area contributed by atoms with Crippen molar-refractivity contribution in [2.75, 3.05) is 17.5 Å². The summed E-state index contributed by atoms with van der Waals surface area (Å²) in [5, 5.41) is 3.65. The first-order chi connectivity index (χ1) is 22.5. The molecule has 0 saturated heterocycles. The van der Waals surface area contributed by atoms with Crippen molar-refractivity contribution >= 4 is 50.7 Å². The average Bonchev–Trinajstić information content (AvgIpc) is 3.07. The highest BCUT2D eigenvalue weighted by Crippen LogP contribution is 2.29. The lowest BCUT2D eigenvalue weighted by Crippen LogP contribution is -2.54. The summed E-state index contributed by atoms with van der Waals surface area (Å²) in [5.74, 6) is -0.465. The van der Waals surface area contributed by atoms with Gasteiger partial charge in [0.15, 0.2) is 0 Å². The van der Waals surface area contributed by atoms with E-state index in [1.165, 1.54) is 17.0 Å². The number of amides is 2. The van der Waals surface area contributed by atoms with Crippen LogP contribution < -0.4 is 14.4 Å². The second kappa shape index (κ2) is 16.7. The van der Waals surface area contributed by atoms with E-state index in [9.17, 15) is 18.0 Å². The van der Waals surface area contributed by atoms with E-state index < -0.39 is 28.5 Å². The lowest BCUT2D eigenvalue weighted by molar-refractivity contribution is -0.140. The molecular weight excluding hydrogens is 657 g/mol. The third-order valence-corrected chi connectivity index (χ3v) is 10.2. The van der Waals surface area contributed by atoms with Gasteiger partial charge in [0.25, 0.3) is 10.0 Å². The number of halogens is 2. The molecule has 0 radical (unpaired) electrons. The topological polar surface area (TPSA) is 96.0 Å². The molecule has 2 amide bonds. The molecule has 8 nitrogen and oxygen atoms in total. The van der Waals surface area contributed by atoms with E-state index in [-0.39, 0.29) is 35.5 Å². The molecule has 4 aromatic carbocycles. The first kappa shape index (κ1) is 35.8. The Balaban J connectivity index is 1.81. The van der Waals surface area contributed by atoms with Crippen LogP contribution in [0, 0.1) is 0 Å². The fraction of sp³-hybridized carbons (Fsp3) is 0.278. The Morgan fingerprint density at radius 3 is 2.00 bits per heavy atom. The number of sulfonamides is 1. The number of carbonyl (C=O) groups is 2. The Hall–Kier alpha value is -4.05. The summed E-state index contributed by atoms with van der Waals surface area (Å²) in [6, 6.07) is 27.6. The minimum absolute atomic E-state index is 0.0198. The maximum absolute atomic E-state index is 14.6. The lowest BCUT2D eigenvalue weighted by Gasteiger charge is -2.34. The highest BCUT2D eigenvalue weighted by Gasteiger charge is 2.35. The van der Waals surface area contributed by atoms with Gasteiger partial charge in [-0.15, -0.1) is 0 Å². The summed E-state index contributed by atoms with van der Waals surface area (Å²) in [4.78, 5) is 29.9. The minimum Gasteiger partial charge on any atom is -0.494 e. The molecule has 0 spiro atoms. The molecular formula is C36H39Cl2N3O5S. The van der Waals surface area contributed by atoms with Crippen LogP contribution in [0.3, 0.4) is 0 Å². The van der Waals surface area contributed by atoms with Crippen molar-refractivity contribution in [3.05, 3.63) is 124 Å². The molecule has 4 aromatic rings. The summed E-state index contributed by atoms with van der Waals surface area (Å²) in [6.07, 6.45) is 0.851. The van der Waals surface area contributed by atoms with Gasteiger partial charge in [-0.05, 0) is 74.4 Å². The highest BCUT2D eigenvalue weighted by atomic mass is 35.5. The molecule has 0 aliphatic heterocycles. The zero-order valence-electron chi connectivity index (χ0n) is 26.6. The number of carbonyl (C=O) groups excluding carboxylic acids is 2. The first-order valence-corrected chi connectivity index (χ1v) is 17.6. The van der Waals surface area contributed by atoms with Crippen molar-refractivity contribution in [3.8, 4) is 5.75 Å². The normalized spacial score (nSPS) is 12.5. The van der Waals surface area contributed by atoms with E-state index in [1.807, 2.05) is 51.1 Å². The van der Waals surface area contributed by atoms with Gasteiger partial charge >= 0.3 is 0 Å². The van der Waals surface area contributed by atoms with Gasteiger partial charge in [-0.3, -0.25) is 13.9 Å². The smallest absolute Gasteiger partial charge is 0.264 e. The molecule has 0 aromatic heterocycles. The number of para-hydroxylation sites is 1. The third-order valence-electron chi connectivity index (χ3n) is 7.71. The number of ether oxygens (including phenoxy) is 1. The highest BCUT2D eigenvalue weighted by molar-refractivity contribution is 7.92. The van der Waals surface area contributed by atoms with Gasteiger partial charge < -0.3 is 15.0 Å². The lowest BCUT2D eigenvalue weighted by atomic mass is 10.0. The summed E-state index contributed by atoms with van der Waals surface area (Å²) in [7, 11) is -4.25. The molecule has 248 valence electrons. The molecule has 0 heterocycles. The molecule has 0 aliphatic rings. The standard InChI is InChI=1S/C36H39Cl2N3O5S/c1-4-26(3)39-36(43)34(23-27-13-8-6-9-14-27)40(24-31-32(37)17-12-18-33(31)38)35(42)25-41(28-15-10-7-11-16-28)47(44,45)30-21-19-29(20-22-30)46-5-2/h6-22,26,34H,4-5,23-25H2,1-3H3,(H,39,43)/t26-,34-/m1/s1. The maximum atomic E-state index is 14.6. The Labute approximate surface area is 287 Å². The molecule has 0 unspecified atom stereocenters. The van der Waals surface area contributed by atoms with E-state index in [1.54, 1.807) is 60.7 Å². The van der Waals surface area contributed by atoms with Crippen molar-refractivity contribution in [1.82, 2.24) is 10.2 Å². The first-order valence-electron chi connectivity index (χ1n) is 15.4. The van der Waals surface area contributed by atoms with Gasteiger partial charge in [-0.2, -0.15) is 0 Å². The largest absolute Gasteiger partial charge is 0.494 e. The zero-order chi connectivity index (χ0) is 34.0. The SMILES string of the molecule is CCOc1ccc(S(=O)(=O)N(CC(=O)N(Cc2c(Cl)cccc2Cl)[C@H](Cc2ccccc2)C(=O)N[C@H](C)CC)c2ccccc2)cc1. The number of nitrogens with one attached hydrogen (secondary N) is 1. The number of hydrogen-bond donors (Lipinski definition) is 1. The fourth-order valence-corrected chi connectivity index (χ4v) is 6.90. The molecule has 0 saturated carbocycles. The van der Waals surface area contributed by atoms with Gasteiger partial charge in [0.1, 0.15) is 18.3 Å². The Morgan fingerprint density at radius 1 is 0.830 bits per heavy atom. The Bertz CT molecular complexity index is 1720. The van der Waals surface area contributed by atoms with E-state index in [2.05, 4.69) is 5.32 Å². The van der Waals surface area contributed by atoms with Crippen molar-refractivity contribution in [2.24, 2.45) is 0 Å². The third kappa shape index (κ3) is 9.28. The van der Waals surface area contributed by atoms with E-state index in [4.69, 9.17) is 27.9 Å². The van der Waals surface area contributed by atoms with Gasteiger partial charge in [-0.1, -0.05) is 84.7 Å². The molecule has 0 aliphatic carbocycles. The van der Waals surface area contributed by atoms with Crippen molar-refractivity contribution in [3.63, 3.8) is 0 Å². The zero-order valence-corrected chi connectivity index (χ0v) is 28.9. The molecule has 1 N–H and O–H groups in total. The van der Waals surface area contributed by atoms with Crippen LogP contribution in [0.4, 0.5) is 5.69 Å². The van der Waals surface area contributed by atoms with Crippen LogP contribution in [0.1, 0.15) is 38.3 Å². The number of nitrogens with zero attached hydrogens (tertiary/aromatic N) is 2. The second-order valence-electron chi connectivity index (χ2n) is 11.0. The monoisotopic (exact) mass is 695 g/mol. The van der Waals surface area contributed by atoms with Gasteiger partial charge in [0, 0.05) is 34.6 Å². The van der Waals surface area contributed by atoms with Crippen molar-refractivity contribution in [1.29, 1.82) is 0 Å². The van der Waals surface area contributed by atoms with Crippen LogP contribution in [0.5, 0.6) is 5.75 Å². The molecule has 0 fully saturated rings. The van der Waals surface area contributed by atoms with Crippen LogP contribution in [-0.4, -0.2) is 50.4 Å². The van der Waals surface area contributed by atoms with Crippen LogP contribution >= 0.6 is 23.2 Å². The fourth-order valence-electron chi connectivity index (χ4n) is 4.97. The van der Waals surface area contributed by atoms with Crippen molar-refractivity contribution in [2.45, 2.75) is 57.1 Å². The molecule has 4 rings (SSSR count). The molecule has 11 heteroatoms.